The molecule has 3 amide bonds. The van der Waals surface area contributed by atoms with Crippen molar-refractivity contribution < 1.29 is 37.1 Å². The second-order valence-electron chi connectivity index (χ2n) is 13.8. The topological polar surface area (TPSA) is 128 Å². The molecule has 1 saturated heterocycles. The number of Topliss-reactive ketones (excluding diaryl/α,β-unsaturated/α-hetero) is 1. The molecule has 0 aromatic heterocycles. The second kappa shape index (κ2) is 13.2. The molecule has 240 valence electrons. The van der Waals surface area contributed by atoms with E-state index in [1.54, 1.807) is 20.8 Å². The van der Waals surface area contributed by atoms with E-state index in [1.807, 2.05) is 33.9 Å². The van der Waals surface area contributed by atoms with Crippen molar-refractivity contribution in [1.29, 1.82) is 0 Å². The fraction of sp³-hybridized carbons (Fsp3) is 0.500. The molecule has 1 unspecified atom stereocenters. The molecule has 1 aliphatic heterocycles. The van der Waals surface area contributed by atoms with Crippen molar-refractivity contribution in [3.05, 3.63) is 70.8 Å². The van der Waals surface area contributed by atoms with Crippen LogP contribution in [0.2, 0.25) is 18.1 Å². The maximum atomic E-state index is 14.3. The van der Waals surface area contributed by atoms with Gasteiger partial charge in [0.05, 0.1) is 24.7 Å². The van der Waals surface area contributed by atoms with Crippen LogP contribution in [0.25, 0.3) is 0 Å². The lowest BCUT2D eigenvalue weighted by molar-refractivity contribution is -0.117. The van der Waals surface area contributed by atoms with Crippen LogP contribution in [0.15, 0.2) is 42.5 Å². The summed E-state index contributed by atoms with van der Waals surface area (Å²) in [5, 5.41) is 2.61. The van der Waals surface area contributed by atoms with Gasteiger partial charge in [-0.1, -0.05) is 26.8 Å². The Balaban J connectivity index is 2.16. The SMILES string of the molecule is CC(C)(C)OC(=O)N1CC(=O)CC1[C@@H](O[Si](C)(C)C(C)(C)C)[C@H](Cc1cc(F)cc(F)c1)NC(=O)c1cccc(C(N)=O)c1. The monoisotopic (exact) mass is 631 g/mol. The normalized spacial score (nSPS) is 17.3. The number of ketones is 1. The van der Waals surface area contributed by atoms with Crippen LogP contribution in [0.5, 0.6) is 0 Å². The third kappa shape index (κ3) is 8.95. The summed E-state index contributed by atoms with van der Waals surface area (Å²) in [5.41, 5.74) is 5.04. The summed E-state index contributed by atoms with van der Waals surface area (Å²) in [6, 6.07) is 7.05. The van der Waals surface area contributed by atoms with Gasteiger partial charge in [0.1, 0.15) is 17.2 Å². The Morgan fingerprint density at radius 3 is 2.16 bits per heavy atom. The molecule has 2 aromatic carbocycles. The summed E-state index contributed by atoms with van der Waals surface area (Å²) in [5.74, 6) is -3.14. The van der Waals surface area contributed by atoms with Crippen LogP contribution in [0.4, 0.5) is 13.6 Å². The van der Waals surface area contributed by atoms with E-state index in [2.05, 4.69) is 5.32 Å². The standard InChI is InChI=1S/C32H43F2N3O6Si/c1-31(2,3)42-30(41)37-18-24(38)17-26(37)27(43-44(7,8)32(4,5)6)25(14-19-12-22(33)16-23(34)13-19)36-29(40)21-11-9-10-20(15-21)28(35)39/h9-13,15-16,25-27H,14,17-18H2,1-8H3,(H2,35,39)(H,36,40)/t25-,26?,27-/m0/s1. The molecule has 0 bridgehead atoms. The second-order valence-corrected chi connectivity index (χ2v) is 18.5. The van der Waals surface area contributed by atoms with E-state index in [0.717, 1.165) is 18.2 Å². The van der Waals surface area contributed by atoms with E-state index in [0.29, 0.717) is 0 Å². The van der Waals surface area contributed by atoms with Crippen LogP contribution < -0.4 is 11.1 Å². The highest BCUT2D eigenvalue weighted by Crippen LogP contribution is 2.39. The van der Waals surface area contributed by atoms with Gasteiger partial charge < -0.3 is 20.2 Å². The van der Waals surface area contributed by atoms with E-state index in [1.165, 1.54) is 29.2 Å². The van der Waals surface area contributed by atoms with Gasteiger partial charge in [0, 0.05) is 23.6 Å². The Morgan fingerprint density at radius 2 is 1.61 bits per heavy atom. The van der Waals surface area contributed by atoms with Gasteiger partial charge in [-0.25, -0.2) is 13.6 Å². The van der Waals surface area contributed by atoms with Crippen molar-refractivity contribution in [2.24, 2.45) is 5.73 Å². The molecule has 1 heterocycles. The van der Waals surface area contributed by atoms with Gasteiger partial charge in [-0.2, -0.15) is 0 Å². The molecule has 2 aromatic rings. The third-order valence-corrected chi connectivity index (χ3v) is 12.4. The summed E-state index contributed by atoms with van der Waals surface area (Å²) >= 11 is 0. The highest BCUT2D eigenvalue weighted by atomic mass is 28.4. The molecule has 0 aliphatic carbocycles. The summed E-state index contributed by atoms with van der Waals surface area (Å²) in [7, 11) is -2.68. The first-order chi connectivity index (χ1) is 20.2. The van der Waals surface area contributed by atoms with Crippen LogP contribution in [0.3, 0.4) is 0 Å². The smallest absolute Gasteiger partial charge is 0.411 e. The highest BCUT2D eigenvalue weighted by Gasteiger charge is 2.49. The van der Waals surface area contributed by atoms with Crippen molar-refractivity contribution in [2.75, 3.05) is 6.54 Å². The number of rotatable bonds is 9. The van der Waals surface area contributed by atoms with E-state index >= 15 is 0 Å². The molecule has 44 heavy (non-hydrogen) atoms. The molecule has 3 N–H and O–H groups in total. The van der Waals surface area contributed by atoms with E-state index < -0.39 is 61.6 Å². The van der Waals surface area contributed by atoms with Gasteiger partial charge in [0.15, 0.2) is 14.1 Å². The third-order valence-electron chi connectivity index (χ3n) is 7.93. The first-order valence-electron chi connectivity index (χ1n) is 14.5. The van der Waals surface area contributed by atoms with Crippen molar-refractivity contribution >= 4 is 32.0 Å². The lowest BCUT2D eigenvalue weighted by Gasteiger charge is -2.45. The zero-order chi connectivity index (χ0) is 33.2. The van der Waals surface area contributed by atoms with Gasteiger partial charge in [-0.05, 0) is 81.2 Å². The van der Waals surface area contributed by atoms with Crippen LogP contribution in [0.1, 0.15) is 74.2 Å². The van der Waals surface area contributed by atoms with Crippen LogP contribution in [0, 0.1) is 11.6 Å². The molecule has 12 heteroatoms. The minimum absolute atomic E-state index is 0.0699. The van der Waals surface area contributed by atoms with Crippen LogP contribution in [-0.4, -0.2) is 67.2 Å². The zero-order valence-corrected chi connectivity index (χ0v) is 27.6. The van der Waals surface area contributed by atoms with E-state index in [9.17, 15) is 28.0 Å². The summed E-state index contributed by atoms with van der Waals surface area (Å²) in [6.07, 6.45) is -1.86. The maximum absolute atomic E-state index is 14.3. The minimum Gasteiger partial charge on any atom is -0.444 e. The molecular weight excluding hydrogens is 588 g/mol. The number of nitrogens with two attached hydrogens (primary N) is 1. The molecule has 0 saturated carbocycles. The number of amides is 3. The Hall–Kier alpha value is -3.64. The van der Waals surface area contributed by atoms with Gasteiger partial charge >= 0.3 is 6.09 Å². The molecule has 3 atom stereocenters. The zero-order valence-electron chi connectivity index (χ0n) is 26.6. The fourth-order valence-electron chi connectivity index (χ4n) is 4.77. The number of halogens is 2. The van der Waals surface area contributed by atoms with Gasteiger partial charge in [-0.15, -0.1) is 0 Å². The number of nitrogens with zero attached hydrogens (tertiary/aromatic N) is 1. The number of likely N-dealkylation sites (tertiary alicyclic amines) is 1. The van der Waals surface area contributed by atoms with Crippen molar-refractivity contribution in [3.8, 4) is 0 Å². The molecular formula is C32H43F2N3O6Si. The van der Waals surface area contributed by atoms with Crippen molar-refractivity contribution in [2.45, 2.75) is 96.3 Å². The largest absolute Gasteiger partial charge is 0.444 e. The Kier molecular flexibility index (Phi) is 10.4. The lowest BCUT2D eigenvalue weighted by atomic mass is 9.94. The summed E-state index contributed by atoms with van der Waals surface area (Å²) in [4.78, 5) is 53.0. The number of nitrogens with one attached hydrogen (secondary N) is 1. The quantitative estimate of drug-likeness (QED) is 0.358. The van der Waals surface area contributed by atoms with Crippen molar-refractivity contribution in [3.63, 3.8) is 0 Å². The molecule has 1 fully saturated rings. The predicted molar refractivity (Wildman–Crippen MR) is 165 cm³/mol. The summed E-state index contributed by atoms with van der Waals surface area (Å²) in [6.45, 7) is 15.0. The average molecular weight is 632 g/mol. The first kappa shape index (κ1) is 34.8. The number of benzene rings is 2. The number of hydrogen-bond donors (Lipinski definition) is 2. The number of hydrogen-bond acceptors (Lipinski definition) is 6. The number of primary amides is 1. The fourth-order valence-corrected chi connectivity index (χ4v) is 6.13. The molecule has 1 aliphatic rings. The van der Waals surface area contributed by atoms with Gasteiger partial charge in [0.2, 0.25) is 5.91 Å². The number of carbonyl (C=O) groups excluding carboxylic acids is 4. The Labute approximate surface area is 258 Å². The summed E-state index contributed by atoms with van der Waals surface area (Å²) < 4.78 is 41.2. The minimum atomic E-state index is -2.68. The molecule has 0 spiro atoms. The van der Waals surface area contributed by atoms with Crippen LogP contribution >= 0.6 is 0 Å². The first-order valence-corrected chi connectivity index (χ1v) is 17.4. The van der Waals surface area contributed by atoms with Gasteiger partial charge in [0.25, 0.3) is 5.91 Å². The van der Waals surface area contributed by atoms with Crippen molar-refractivity contribution in [1.82, 2.24) is 10.2 Å². The van der Waals surface area contributed by atoms with E-state index in [-0.39, 0.29) is 46.9 Å². The lowest BCUT2D eigenvalue weighted by Crippen LogP contribution is -2.60. The molecule has 9 nitrogen and oxygen atoms in total. The molecule has 3 rings (SSSR count). The molecule has 0 radical (unpaired) electrons. The van der Waals surface area contributed by atoms with Gasteiger partial charge in [-0.3, -0.25) is 19.3 Å². The highest BCUT2D eigenvalue weighted by molar-refractivity contribution is 6.74. The van der Waals surface area contributed by atoms with E-state index in [4.69, 9.17) is 14.9 Å². The number of ether oxygens (including phenoxy) is 1. The number of carbonyl (C=O) groups is 4. The average Bonchev–Trinajstić information content (AvgIpc) is 3.26. The van der Waals surface area contributed by atoms with Crippen LogP contribution in [-0.2, 0) is 20.4 Å². The Morgan fingerprint density at radius 1 is 1.02 bits per heavy atom. The maximum Gasteiger partial charge on any atom is 0.411 e. The predicted octanol–water partition coefficient (Wildman–Crippen LogP) is 5.37. The Bertz CT molecular complexity index is 1400.